The van der Waals surface area contributed by atoms with Gasteiger partial charge in [0.1, 0.15) is 11.9 Å². The van der Waals surface area contributed by atoms with Crippen molar-refractivity contribution in [2.75, 3.05) is 10.6 Å². The van der Waals surface area contributed by atoms with E-state index < -0.39 is 27.8 Å². The average Bonchev–Trinajstić information content (AvgIpc) is 2.71. The van der Waals surface area contributed by atoms with Gasteiger partial charge in [0.15, 0.2) is 0 Å². The van der Waals surface area contributed by atoms with Crippen LogP contribution in [0.1, 0.15) is 55.8 Å². The number of para-hydroxylation sites is 1. The number of halogens is 1. The molecule has 1 aliphatic carbocycles. The Bertz CT molecular complexity index is 1020. The van der Waals surface area contributed by atoms with Crippen LogP contribution in [0.15, 0.2) is 42.5 Å². The van der Waals surface area contributed by atoms with E-state index in [9.17, 15) is 17.6 Å². The Labute approximate surface area is 178 Å². The SMILES string of the molecule is CCC(C(=O)NC(C)c1ccc2c(c1)CCCC2)N(c1ccccc1F)S(C)(=O)=O. The predicted octanol–water partition coefficient (Wildman–Crippen LogP) is 4.13. The van der Waals surface area contributed by atoms with Crippen molar-refractivity contribution >= 4 is 21.6 Å². The van der Waals surface area contributed by atoms with Crippen molar-refractivity contribution in [2.45, 2.75) is 58.0 Å². The van der Waals surface area contributed by atoms with Gasteiger partial charge in [-0.1, -0.05) is 37.3 Å². The van der Waals surface area contributed by atoms with E-state index in [1.165, 1.54) is 42.2 Å². The minimum Gasteiger partial charge on any atom is -0.348 e. The van der Waals surface area contributed by atoms with Gasteiger partial charge in [-0.15, -0.1) is 0 Å². The fourth-order valence-electron chi connectivity index (χ4n) is 4.08. The van der Waals surface area contributed by atoms with Gasteiger partial charge in [0, 0.05) is 0 Å². The number of hydrogen-bond donors (Lipinski definition) is 1. The van der Waals surface area contributed by atoms with Gasteiger partial charge in [0.05, 0.1) is 18.0 Å². The Morgan fingerprint density at radius 2 is 1.80 bits per heavy atom. The molecule has 30 heavy (non-hydrogen) atoms. The summed E-state index contributed by atoms with van der Waals surface area (Å²) >= 11 is 0. The second-order valence-electron chi connectivity index (χ2n) is 7.90. The zero-order chi connectivity index (χ0) is 21.9. The van der Waals surface area contributed by atoms with Crippen LogP contribution in [0.4, 0.5) is 10.1 Å². The quantitative estimate of drug-likeness (QED) is 0.716. The van der Waals surface area contributed by atoms with Crippen LogP contribution in [0.2, 0.25) is 0 Å². The van der Waals surface area contributed by atoms with E-state index in [0.29, 0.717) is 0 Å². The Morgan fingerprint density at radius 3 is 2.43 bits per heavy atom. The molecule has 0 saturated heterocycles. The maximum absolute atomic E-state index is 14.4. The molecule has 0 radical (unpaired) electrons. The van der Waals surface area contributed by atoms with Crippen LogP contribution in [0.3, 0.4) is 0 Å². The second-order valence-corrected chi connectivity index (χ2v) is 9.76. The topological polar surface area (TPSA) is 66.5 Å². The lowest BCUT2D eigenvalue weighted by molar-refractivity contribution is -0.122. The molecule has 1 aliphatic rings. The van der Waals surface area contributed by atoms with Crippen molar-refractivity contribution < 1.29 is 17.6 Å². The van der Waals surface area contributed by atoms with Gasteiger partial charge in [-0.05, 0) is 67.9 Å². The van der Waals surface area contributed by atoms with E-state index in [-0.39, 0.29) is 18.2 Å². The first-order valence-electron chi connectivity index (χ1n) is 10.4. The van der Waals surface area contributed by atoms with E-state index in [4.69, 9.17) is 0 Å². The molecule has 1 amide bonds. The molecular weight excluding hydrogens is 403 g/mol. The van der Waals surface area contributed by atoms with Crippen LogP contribution in [-0.2, 0) is 27.7 Å². The molecule has 7 heteroatoms. The molecule has 2 aromatic rings. The highest BCUT2D eigenvalue weighted by Crippen LogP contribution is 2.27. The smallest absolute Gasteiger partial charge is 0.244 e. The predicted molar refractivity (Wildman–Crippen MR) is 117 cm³/mol. The number of carbonyl (C=O) groups excluding carboxylic acids is 1. The maximum atomic E-state index is 14.4. The Hall–Kier alpha value is -2.41. The van der Waals surface area contributed by atoms with Crippen LogP contribution >= 0.6 is 0 Å². The number of nitrogens with one attached hydrogen (secondary N) is 1. The fourth-order valence-corrected chi connectivity index (χ4v) is 5.29. The Balaban J connectivity index is 1.85. The average molecular weight is 433 g/mol. The van der Waals surface area contributed by atoms with E-state index >= 15 is 0 Å². The molecule has 1 N–H and O–H groups in total. The van der Waals surface area contributed by atoms with Crippen LogP contribution in [0.25, 0.3) is 0 Å². The van der Waals surface area contributed by atoms with E-state index in [0.717, 1.165) is 29.0 Å². The van der Waals surface area contributed by atoms with Crippen molar-refractivity contribution in [3.8, 4) is 0 Å². The summed E-state index contributed by atoms with van der Waals surface area (Å²) in [5.41, 5.74) is 3.54. The standard InChI is InChI=1S/C23H29FN2O3S/c1-4-21(26(30(3,28)29)22-12-8-7-11-20(22)24)23(27)25-16(2)18-14-13-17-9-5-6-10-19(17)15-18/h7-8,11-16,21H,4-6,9-10H2,1-3H3,(H,25,27). The molecule has 0 aliphatic heterocycles. The number of anilines is 1. The molecular formula is C23H29FN2O3S. The number of nitrogens with zero attached hydrogens (tertiary/aromatic N) is 1. The summed E-state index contributed by atoms with van der Waals surface area (Å²) in [7, 11) is -3.88. The summed E-state index contributed by atoms with van der Waals surface area (Å²) in [6.07, 6.45) is 5.69. The molecule has 162 valence electrons. The lowest BCUT2D eigenvalue weighted by atomic mass is 9.89. The first kappa shape index (κ1) is 22.3. The number of rotatable bonds is 7. The summed E-state index contributed by atoms with van der Waals surface area (Å²) in [4.78, 5) is 13.1. The third-order valence-electron chi connectivity index (χ3n) is 5.65. The number of aryl methyl sites for hydroxylation is 2. The second kappa shape index (κ2) is 9.16. The highest BCUT2D eigenvalue weighted by Gasteiger charge is 2.33. The summed E-state index contributed by atoms with van der Waals surface area (Å²) < 4.78 is 40.2. The molecule has 3 rings (SSSR count). The third-order valence-corrected chi connectivity index (χ3v) is 6.82. The van der Waals surface area contributed by atoms with Crippen molar-refractivity contribution in [3.05, 3.63) is 65.0 Å². The molecule has 0 fully saturated rings. The van der Waals surface area contributed by atoms with E-state index in [1.54, 1.807) is 13.0 Å². The summed E-state index contributed by atoms with van der Waals surface area (Å²) in [5, 5.41) is 2.93. The molecule has 2 aromatic carbocycles. The normalized spacial score (nSPS) is 15.7. The first-order valence-corrected chi connectivity index (χ1v) is 12.2. The van der Waals surface area contributed by atoms with Crippen LogP contribution in [0.5, 0.6) is 0 Å². The maximum Gasteiger partial charge on any atom is 0.244 e. The molecule has 0 spiro atoms. The number of benzene rings is 2. The number of carbonyl (C=O) groups is 1. The van der Waals surface area contributed by atoms with Gasteiger partial charge >= 0.3 is 0 Å². The Kier molecular flexibility index (Phi) is 6.81. The van der Waals surface area contributed by atoms with Crippen molar-refractivity contribution in [2.24, 2.45) is 0 Å². The monoisotopic (exact) mass is 432 g/mol. The van der Waals surface area contributed by atoms with Crippen molar-refractivity contribution in [1.29, 1.82) is 0 Å². The van der Waals surface area contributed by atoms with Gasteiger partial charge < -0.3 is 5.32 Å². The van der Waals surface area contributed by atoms with Crippen LogP contribution in [-0.4, -0.2) is 26.6 Å². The molecule has 0 aromatic heterocycles. The van der Waals surface area contributed by atoms with Gasteiger partial charge in [0.25, 0.3) is 0 Å². The molecule has 2 unspecified atom stereocenters. The van der Waals surface area contributed by atoms with Crippen LogP contribution < -0.4 is 9.62 Å². The number of fused-ring (bicyclic) bond motifs is 1. The first-order chi connectivity index (χ1) is 14.2. The van der Waals surface area contributed by atoms with E-state index in [1.807, 2.05) is 13.0 Å². The highest BCUT2D eigenvalue weighted by molar-refractivity contribution is 7.92. The minimum atomic E-state index is -3.88. The zero-order valence-electron chi connectivity index (χ0n) is 17.7. The Morgan fingerprint density at radius 1 is 1.13 bits per heavy atom. The van der Waals surface area contributed by atoms with Crippen LogP contribution in [0, 0.1) is 5.82 Å². The summed E-state index contributed by atoms with van der Waals surface area (Å²) in [6.45, 7) is 3.59. The van der Waals surface area contributed by atoms with Gasteiger partial charge in [0.2, 0.25) is 15.9 Å². The fraction of sp³-hybridized carbons (Fsp3) is 0.435. The molecule has 2 atom stereocenters. The molecule has 0 bridgehead atoms. The summed E-state index contributed by atoms with van der Waals surface area (Å²) in [5.74, 6) is -1.13. The van der Waals surface area contributed by atoms with Gasteiger partial charge in [-0.3, -0.25) is 9.10 Å². The third kappa shape index (κ3) is 4.83. The van der Waals surface area contributed by atoms with Gasteiger partial charge in [-0.2, -0.15) is 0 Å². The van der Waals surface area contributed by atoms with Crippen molar-refractivity contribution in [3.63, 3.8) is 0 Å². The minimum absolute atomic E-state index is 0.122. The largest absolute Gasteiger partial charge is 0.348 e. The molecule has 5 nitrogen and oxygen atoms in total. The zero-order valence-corrected chi connectivity index (χ0v) is 18.5. The molecule has 0 heterocycles. The lowest BCUT2D eigenvalue weighted by Gasteiger charge is -2.31. The number of sulfonamides is 1. The molecule has 0 saturated carbocycles. The van der Waals surface area contributed by atoms with E-state index in [2.05, 4.69) is 17.4 Å². The lowest BCUT2D eigenvalue weighted by Crippen LogP contribution is -2.50. The van der Waals surface area contributed by atoms with Gasteiger partial charge in [-0.25, -0.2) is 12.8 Å². The highest BCUT2D eigenvalue weighted by atomic mass is 32.2. The summed E-state index contributed by atoms with van der Waals surface area (Å²) in [6, 6.07) is 10.5. The number of amides is 1. The van der Waals surface area contributed by atoms with Crippen molar-refractivity contribution in [1.82, 2.24) is 5.32 Å². The number of hydrogen-bond acceptors (Lipinski definition) is 3.